The molecule has 8 heteroatoms. The summed E-state index contributed by atoms with van der Waals surface area (Å²) in [6.07, 6.45) is 2.08. The summed E-state index contributed by atoms with van der Waals surface area (Å²) in [6.45, 7) is 2.31. The number of para-hydroxylation sites is 1. The minimum Gasteiger partial charge on any atom is -0.465 e. The fourth-order valence-electron chi connectivity index (χ4n) is 3.70. The van der Waals surface area contributed by atoms with Crippen molar-refractivity contribution in [3.8, 4) is 11.3 Å². The minimum absolute atomic E-state index is 0.0620. The van der Waals surface area contributed by atoms with Crippen molar-refractivity contribution >= 4 is 46.9 Å². The van der Waals surface area contributed by atoms with E-state index in [1.165, 1.54) is 23.0 Å². The topological polar surface area (TPSA) is 80.1 Å². The molecule has 172 valence electrons. The number of esters is 1. The van der Waals surface area contributed by atoms with Gasteiger partial charge < -0.3 is 9.15 Å². The lowest BCUT2D eigenvalue weighted by atomic mass is 10.1. The van der Waals surface area contributed by atoms with E-state index in [9.17, 15) is 14.4 Å². The van der Waals surface area contributed by atoms with Crippen LogP contribution in [-0.4, -0.2) is 41.5 Å². The largest absolute Gasteiger partial charge is 0.465 e. The first-order valence-electron chi connectivity index (χ1n) is 10.7. The third-order valence-corrected chi connectivity index (χ3v) is 5.71. The Labute approximate surface area is 202 Å². The Morgan fingerprint density at radius 3 is 2.41 bits per heavy atom. The van der Waals surface area contributed by atoms with Crippen LogP contribution in [0.25, 0.3) is 17.4 Å². The molecule has 0 N–H and O–H groups in total. The monoisotopic (exact) mass is 474 g/mol. The van der Waals surface area contributed by atoms with Crippen LogP contribution in [0.3, 0.4) is 0 Å². The van der Waals surface area contributed by atoms with Gasteiger partial charge in [0.25, 0.3) is 11.8 Å². The van der Waals surface area contributed by atoms with E-state index >= 15 is 0 Å². The second-order valence-corrected chi connectivity index (χ2v) is 7.88. The standard InChI is InChI=1S/C26H22N2O5S/c1-3-15-27-23(29)21(24(30)28(26(27)34)17-9-5-4-6-10-17)16-18-13-14-22(33-18)19-11-7-8-12-20(19)25(31)32-2/h4-14,16H,3,15H2,1-2H3/b21-16+. The van der Waals surface area contributed by atoms with Crippen LogP contribution in [0.5, 0.6) is 0 Å². The second-order valence-electron chi connectivity index (χ2n) is 7.51. The van der Waals surface area contributed by atoms with Gasteiger partial charge in [-0.1, -0.05) is 43.3 Å². The summed E-state index contributed by atoms with van der Waals surface area (Å²) in [5.74, 6) is -0.793. The molecule has 1 aromatic heterocycles. The minimum atomic E-state index is -0.526. The van der Waals surface area contributed by atoms with Gasteiger partial charge in [0.2, 0.25) is 0 Å². The maximum Gasteiger partial charge on any atom is 0.338 e. The van der Waals surface area contributed by atoms with Gasteiger partial charge >= 0.3 is 5.97 Å². The maximum absolute atomic E-state index is 13.4. The van der Waals surface area contributed by atoms with Crippen LogP contribution in [0, 0.1) is 0 Å². The molecule has 2 heterocycles. The lowest BCUT2D eigenvalue weighted by Crippen LogP contribution is -2.56. The Morgan fingerprint density at radius 2 is 1.71 bits per heavy atom. The fourth-order valence-corrected chi connectivity index (χ4v) is 4.07. The normalized spacial score (nSPS) is 15.2. The summed E-state index contributed by atoms with van der Waals surface area (Å²) in [7, 11) is 1.31. The van der Waals surface area contributed by atoms with Gasteiger partial charge in [0.1, 0.15) is 17.1 Å². The van der Waals surface area contributed by atoms with Crippen molar-refractivity contribution in [3.63, 3.8) is 0 Å². The van der Waals surface area contributed by atoms with E-state index in [4.69, 9.17) is 21.4 Å². The zero-order valence-electron chi connectivity index (χ0n) is 18.7. The summed E-state index contributed by atoms with van der Waals surface area (Å²) >= 11 is 5.50. The molecular weight excluding hydrogens is 452 g/mol. The smallest absolute Gasteiger partial charge is 0.338 e. The zero-order valence-corrected chi connectivity index (χ0v) is 19.5. The average molecular weight is 475 g/mol. The maximum atomic E-state index is 13.4. The Balaban J connectivity index is 1.74. The van der Waals surface area contributed by atoms with Gasteiger partial charge in [-0.2, -0.15) is 0 Å². The third kappa shape index (κ3) is 4.27. The zero-order chi connectivity index (χ0) is 24.2. The Hall–Kier alpha value is -4.04. The van der Waals surface area contributed by atoms with E-state index in [2.05, 4.69) is 0 Å². The number of carbonyl (C=O) groups excluding carboxylic acids is 3. The van der Waals surface area contributed by atoms with Gasteiger partial charge in [-0.15, -0.1) is 0 Å². The molecule has 0 bridgehead atoms. The van der Waals surface area contributed by atoms with Gasteiger partial charge in [0.05, 0.1) is 18.4 Å². The number of anilines is 1. The van der Waals surface area contributed by atoms with Crippen LogP contribution in [0.2, 0.25) is 0 Å². The van der Waals surface area contributed by atoms with Gasteiger partial charge in [0, 0.05) is 12.1 Å². The van der Waals surface area contributed by atoms with Crippen molar-refractivity contribution in [1.29, 1.82) is 0 Å². The first kappa shape index (κ1) is 23.1. The summed E-state index contributed by atoms with van der Waals surface area (Å²) in [4.78, 5) is 41.5. The van der Waals surface area contributed by atoms with Crippen LogP contribution in [0.1, 0.15) is 29.5 Å². The lowest BCUT2D eigenvalue weighted by Gasteiger charge is -2.36. The number of thiocarbonyl (C=S) groups is 1. The molecule has 3 aromatic rings. The number of nitrogens with zero attached hydrogens (tertiary/aromatic N) is 2. The fraction of sp³-hybridized carbons (Fsp3) is 0.154. The summed E-state index contributed by atoms with van der Waals surface area (Å²) in [5.41, 5.74) is 1.40. The van der Waals surface area contributed by atoms with E-state index < -0.39 is 17.8 Å². The van der Waals surface area contributed by atoms with Crippen molar-refractivity contribution in [3.05, 3.63) is 83.6 Å². The number of hydrogen-bond donors (Lipinski definition) is 0. The lowest BCUT2D eigenvalue weighted by molar-refractivity contribution is -0.127. The predicted molar refractivity (Wildman–Crippen MR) is 132 cm³/mol. The SMILES string of the molecule is CCCN1C(=O)/C(=C\c2ccc(-c3ccccc3C(=O)OC)o2)C(=O)N(c2ccccc2)C1=S. The third-order valence-electron chi connectivity index (χ3n) is 5.30. The number of methoxy groups -OCH3 is 1. The number of benzene rings is 2. The summed E-state index contributed by atoms with van der Waals surface area (Å²) in [6, 6.07) is 19.1. The molecule has 7 nitrogen and oxygen atoms in total. The van der Waals surface area contributed by atoms with E-state index in [1.807, 2.05) is 13.0 Å². The molecule has 0 saturated carbocycles. The van der Waals surface area contributed by atoms with Crippen LogP contribution in [0.4, 0.5) is 5.69 Å². The number of amides is 2. The first-order valence-corrected chi connectivity index (χ1v) is 11.1. The molecule has 2 aromatic carbocycles. The number of rotatable bonds is 6. The van der Waals surface area contributed by atoms with Crippen molar-refractivity contribution < 1.29 is 23.5 Å². The molecule has 1 aliphatic rings. The molecule has 1 fully saturated rings. The first-order chi connectivity index (χ1) is 16.5. The van der Waals surface area contributed by atoms with E-state index in [0.29, 0.717) is 41.3 Å². The van der Waals surface area contributed by atoms with Gasteiger partial charge in [-0.3, -0.25) is 19.4 Å². The highest BCUT2D eigenvalue weighted by atomic mass is 32.1. The molecule has 2 amide bonds. The summed E-state index contributed by atoms with van der Waals surface area (Å²) < 4.78 is 10.8. The molecule has 0 radical (unpaired) electrons. The molecule has 0 atom stereocenters. The number of hydrogen-bond acceptors (Lipinski definition) is 6. The highest BCUT2D eigenvalue weighted by Gasteiger charge is 2.40. The predicted octanol–water partition coefficient (Wildman–Crippen LogP) is 4.69. The van der Waals surface area contributed by atoms with Crippen LogP contribution >= 0.6 is 12.2 Å². The van der Waals surface area contributed by atoms with Crippen LogP contribution in [-0.2, 0) is 14.3 Å². The number of furan rings is 1. The highest BCUT2D eigenvalue weighted by molar-refractivity contribution is 7.80. The van der Waals surface area contributed by atoms with Crippen molar-refractivity contribution in [2.45, 2.75) is 13.3 Å². The Morgan fingerprint density at radius 1 is 1.00 bits per heavy atom. The van der Waals surface area contributed by atoms with Gasteiger partial charge in [-0.05, 0) is 55.0 Å². The van der Waals surface area contributed by atoms with Crippen LogP contribution in [0.15, 0.2) is 76.7 Å². The number of ether oxygens (including phenoxy) is 1. The molecule has 0 spiro atoms. The Kier molecular flexibility index (Phi) is 6.70. The van der Waals surface area contributed by atoms with E-state index in [0.717, 1.165) is 0 Å². The number of carbonyl (C=O) groups is 3. The highest BCUT2D eigenvalue weighted by Crippen LogP contribution is 2.30. The van der Waals surface area contributed by atoms with Crippen molar-refractivity contribution in [2.24, 2.45) is 0 Å². The van der Waals surface area contributed by atoms with Crippen molar-refractivity contribution in [2.75, 3.05) is 18.6 Å². The molecule has 0 unspecified atom stereocenters. The molecule has 1 saturated heterocycles. The van der Waals surface area contributed by atoms with Gasteiger partial charge in [0.15, 0.2) is 5.11 Å². The molecule has 0 aliphatic carbocycles. The van der Waals surface area contributed by atoms with Crippen molar-refractivity contribution in [1.82, 2.24) is 4.90 Å². The molecular formula is C26H22N2O5S. The Bertz CT molecular complexity index is 1300. The van der Waals surface area contributed by atoms with Crippen LogP contribution < -0.4 is 4.90 Å². The molecule has 4 rings (SSSR count). The van der Waals surface area contributed by atoms with Gasteiger partial charge in [-0.25, -0.2) is 4.79 Å². The van der Waals surface area contributed by atoms with E-state index in [1.54, 1.807) is 60.7 Å². The second kappa shape index (κ2) is 9.84. The quantitative estimate of drug-likeness (QED) is 0.223. The molecule has 1 aliphatic heterocycles. The van der Waals surface area contributed by atoms with E-state index in [-0.39, 0.29) is 10.7 Å². The summed E-state index contributed by atoms with van der Waals surface area (Å²) in [5, 5.41) is 0.146. The average Bonchev–Trinajstić information content (AvgIpc) is 3.33. The molecule has 34 heavy (non-hydrogen) atoms.